The van der Waals surface area contributed by atoms with E-state index >= 15 is 0 Å². The van der Waals surface area contributed by atoms with Crippen LogP contribution in [0.15, 0.2) is 52.7 Å². The van der Waals surface area contributed by atoms with Gasteiger partial charge in [0, 0.05) is 17.3 Å². The van der Waals surface area contributed by atoms with Crippen LogP contribution in [0.1, 0.15) is 19.4 Å². The Labute approximate surface area is 123 Å². The molecule has 1 heterocycles. The first-order chi connectivity index (χ1) is 10.3. The molecular formula is C18H17N3. The Morgan fingerprint density at radius 2 is 1.71 bits per heavy atom. The van der Waals surface area contributed by atoms with Crippen LogP contribution < -0.4 is 5.32 Å². The molecule has 0 saturated heterocycles. The number of rotatable bonds is 2. The van der Waals surface area contributed by atoms with Crippen molar-refractivity contribution in [1.82, 2.24) is 0 Å². The van der Waals surface area contributed by atoms with Gasteiger partial charge >= 0.3 is 0 Å². The smallest absolute Gasteiger partial charge is 0.117 e. The van der Waals surface area contributed by atoms with Gasteiger partial charge in [0.2, 0.25) is 0 Å². The summed E-state index contributed by atoms with van der Waals surface area (Å²) in [5, 5.41) is 17.4. The van der Waals surface area contributed by atoms with Gasteiger partial charge in [0.05, 0.1) is 11.7 Å². The Morgan fingerprint density at radius 1 is 0.952 bits per heavy atom. The maximum atomic E-state index is 4.55. The third-order valence-electron chi connectivity index (χ3n) is 3.95. The van der Waals surface area contributed by atoms with Crippen molar-refractivity contribution in [3.05, 3.63) is 48.0 Å². The van der Waals surface area contributed by atoms with E-state index < -0.39 is 0 Å². The summed E-state index contributed by atoms with van der Waals surface area (Å²) in [6.07, 6.45) is 0. The molecule has 3 aromatic carbocycles. The molecule has 0 atom stereocenters. The van der Waals surface area contributed by atoms with E-state index in [0.29, 0.717) is 0 Å². The number of benzene rings is 3. The molecule has 4 rings (SSSR count). The van der Waals surface area contributed by atoms with Gasteiger partial charge in [-0.1, -0.05) is 42.5 Å². The molecule has 0 amide bonds. The first kappa shape index (κ1) is 12.3. The summed E-state index contributed by atoms with van der Waals surface area (Å²) in [6, 6.07) is 15.2. The van der Waals surface area contributed by atoms with Crippen LogP contribution >= 0.6 is 0 Å². The van der Waals surface area contributed by atoms with Crippen LogP contribution in [0.4, 0.5) is 11.4 Å². The molecular weight excluding hydrogens is 258 g/mol. The lowest BCUT2D eigenvalue weighted by molar-refractivity contribution is 0.780. The number of nitrogens with zero attached hydrogens (tertiary/aromatic N) is 2. The molecule has 0 aliphatic carbocycles. The largest absolute Gasteiger partial charge is 0.379 e. The number of fused-ring (bicyclic) bond motifs is 2. The van der Waals surface area contributed by atoms with E-state index in [0.717, 1.165) is 23.3 Å². The number of nitrogens with one attached hydrogen (secondary N) is 1. The maximum absolute atomic E-state index is 4.55. The molecule has 0 fully saturated rings. The van der Waals surface area contributed by atoms with Gasteiger partial charge in [0.1, 0.15) is 5.69 Å². The van der Waals surface area contributed by atoms with Crippen molar-refractivity contribution in [2.24, 2.45) is 10.2 Å². The molecule has 3 heteroatoms. The number of azo groups is 1. The summed E-state index contributed by atoms with van der Waals surface area (Å²) >= 11 is 0. The fourth-order valence-electron chi connectivity index (χ4n) is 3.08. The van der Waals surface area contributed by atoms with Gasteiger partial charge in [-0.05, 0) is 30.2 Å². The van der Waals surface area contributed by atoms with Crippen molar-refractivity contribution < 1.29 is 0 Å². The molecule has 0 spiro atoms. The minimum Gasteiger partial charge on any atom is -0.379 e. The van der Waals surface area contributed by atoms with E-state index in [1.165, 1.54) is 21.7 Å². The molecule has 0 unspecified atom stereocenters. The first-order valence-corrected chi connectivity index (χ1v) is 7.36. The average molecular weight is 275 g/mol. The molecule has 1 N–H and O–H groups in total. The third kappa shape index (κ3) is 1.81. The average Bonchev–Trinajstić information content (AvgIpc) is 2.92. The van der Waals surface area contributed by atoms with Crippen molar-refractivity contribution in [3.63, 3.8) is 0 Å². The van der Waals surface area contributed by atoms with Crippen LogP contribution in [-0.2, 0) is 6.54 Å². The van der Waals surface area contributed by atoms with E-state index in [2.05, 4.69) is 58.0 Å². The summed E-state index contributed by atoms with van der Waals surface area (Å²) in [5.41, 5.74) is 3.44. The van der Waals surface area contributed by atoms with Gasteiger partial charge in [-0.3, -0.25) is 0 Å². The zero-order chi connectivity index (χ0) is 14.4. The van der Waals surface area contributed by atoms with Gasteiger partial charge in [0.15, 0.2) is 0 Å². The summed E-state index contributed by atoms with van der Waals surface area (Å²) in [5.74, 6) is 0. The summed E-state index contributed by atoms with van der Waals surface area (Å²) < 4.78 is 0. The molecule has 21 heavy (non-hydrogen) atoms. The van der Waals surface area contributed by atoms with E-state index in [9.17, 15) is 0 Å². The Balaban J connectivity index is 2.17. The number of anilines is 1. The predicted molar refractivity (Wildman–Crippen MR) is 88.4 cm³/mol. The van der Waals surface area contributed by atoms with E-state index in [1.807, 2.05) is 13.8 Å². The molecule has 3 nitrogen and oxygen atoms in total. The van der Waals surface area contributed by atoms with E-state index in [4.69, 9.17) is 0 Å². The fourth-order valence-corrected chi connectivity index (χ4v) is 3.08. The van der Waals surface area contributed by atoms with Crippen molar-refractivity contribution in [2.75, 3.05) is 5.32 Å². The predicted octanol–water partition coefficient (Wildman–Crippen LogP) is 5.41. The van der Waals surface area contributed by atoms with Gasteiger partial charge in [-0.25, -0.2) is 0 Å². The summed E-state index contributed by atoms with van der Waals surface area (Å²) in [7, 11) is 0. The SMILES string of the molecule is CC(C)N=Nc1c2c3c(cccc3c3ccccc13)CN2. The number of hydrogen-bond acceptors (Lipinski definition) is 3. The number of hydrogen-bond donors (Lipinski definition) is 1. The van der Waals surface area contributed by atoms with Crippen LogP contribution in [0.2, 0.25) is 0 Å². The highest BCUT2D eigenvalue weighted by molar-refractivity contribution is 6.21. The third-order valence-corrected chi connectivity index (χ3v) is 3.95. The normalized spacial score (nSPS) is 13.7. The van der Waals surface area contributed by atoms with Gasteiger partial charge in [-0.2, -0.15) is 10.2 Å². The van der Waals surface area contributed by atoms with Crippen LogP contribution in [0, 0.1) is 0 Å². The minimum absolute atomic E-state index is 0.198. The Bertz CT molecular complexity index is 878. The van der Waals surface area contributed by atoms with Crippen molar-refractivity contribution in [1.29, 1.82) is 0 Å². The van der Waals surface area contributed by atoms with E-state index in [1.54, 1.807) is 0 Å². The molecule has 104 valence electrons. The molecule has 1 aliphatic heterocycles. The Morgan fingerprint density at radius 3 is 2.52 bits per heavy atom. The van der Waals surface area contributed by atoms with Crippen LogP contribution in [0.3, 0.4) is 0 Å². The van der Waals surface area contributed by atoms with Gasteiger partial charge < -0.3 is 5.32 Å². The molecule has 3 aromatic rings. The fraction of sp³-hybridized carbons (Fsp3) is 0.222. The lowest BCUT2D eigenvalue weighted by atomic mass is 9.97. The minimum atomic E-state index is 0.198. The second-order valence-electron chi connectivity index (χ2n) is 5.77. The van der Waals surface area contributed by atoms with Crippen molar-refractivity contribution in [3.8, 4) is 0 Å². The summed E-state index contributed by atoms with van der Waals surface area (Å²) in [6.45, 7) is 4.96. The van der Waals surface area contributed by atoms with Gasteiger partial charge in [-0.15, -0.1) is 0 Å². The van der Waals surface area contributed by atoms with Gasteiger partial charge in [0.25, 0.3) is 0 Å². The second kappa shape index (κ2) is 4.55. The highest BCUT2D eigenvalue weighted by Crippen LogP contribution is 2.46. The Kier molecular flexibility index (Phi) is 2.67. The van der Waals surface area contributed by atoms with E-state index in [-0.39, 0.29) is 6.04 Å². The van der Waals surface area contributed by atoms with Crippen molar-refractivity contribution >= 4 is 32.9 Å². The standard InChI is InChI=1S/C18H17N3/c1-11(2)20-21-17-15-8-4-3-7-13(15)14-9-5-6-12-10-19-18(17)16(12)14/h3-9,11,19H,10H2,1-2H3. The van der Waals surface area contributed by atoms with Crippen LogP contribution in [0.5, 0.6) is 0 Å². The highest BCUT2D eigenvalue weighted by Gasteiger charge is 2.20. The topological polar surface area (TPSA) is 36.8 Å². The van der Waals surface area contributed by atoms with Crippen molar-refractivity contribution in [2.45, 2.75) is 26.4 Å². The molecule has 0 saturated carbocycles. The zero-order valence-electron chi connectivity index (χ0n) is 12.2. The maximum Gasteiger partial charge on any atom is 0.117 e. The summed E-state index contributed by atoms with van der Waals surface area (Å²) in [4.78, 5) is 0. The lowest BCUT2D eigenvalue weighted by Gasteiger charge is -2.10. The molecule has 1 aliphatic rings. The molecule has 0 bridgehead atoms. The second-order valence-corrected chi connectivity index (χ2v) is 5.77. The molecule has 0 radical (unpaired) electrons. The molecule has 0 aromatic heterocycles. The zero-order valence-corrected chi connectivity index (χ0v) is 12.2. The highest BCUT2D eigenvalue weighted by atomic mass is 15.1. The van der Waals surface area contributed by atoms with Crippen LogP contribution in [0.25, 0.3) is 21.5 Å². The monoisotopic (exact) mass is 275 g/mol. The first-order valence-electron chi connectivity index (χ1n) is 7.36. The quantitative estimate of drug-likeness (QED) is 0.492. The lowest BCUT2D eigenvalue weighted by Crippen LogP contribution is -1.90. The Hall–Kier alpha value is -2.42. The van der Waals surface area contributed by atoms with Crippen LogP contribution in [-0.4, -0.2) is 6.04 Å².